The van der Waals surface area contributed by atoms with E-state index in [1.54, 1.807) is 36.4 Å². The van der Waals surface area contributed by atoms with Crippen molar-refractivity contribution >= 4 is 62.0 Å². The summed E-state index contributed by atoms with van der Waals surface area (Å²) in [6.07, 6.45) is 8.94. The fourth-order valence-corrected chi connectivity index (χ4v) is 12.1. The Balaban J connectivity index is 0.789. The molecule has 15 heteroatoms. The average Bonchev–Trinajstić information content (AvgIpc) is 3.93. The van der Waals surface area contributed by atoms with Gasteiger partial charge in [0.05, 0.1) is 0 Å². The summed E-state index contributed by atoms with van der Waals surface area (Å²) in [7, 11) is 0. The summed E-state index contributed by atoms with van der Waals surface area (Å²) >= 11 is 2.56. The fraction of sp³-hybridized carbons (Fsp3) is 0.488. The zero-order valence-electron chi connectivity index (χ0n) is 31.0. The minimum atomic E-state index is -0.316. The van der Waals surface area contributed by atoms with Crippen molar-refractivity contribution in [2.45, 2.75) is 76.5 Å². The highest BCUT2D eigenvalue weighted by molar-refractivity contribution is 7.18. The third-order valence-corrected chi connectivity index (χ3v) is 14.5. The zero-order chi connectivity index (χ0) is 38.1. The molecule has 11 rings (SSSR count). The number of hydrogen-bond acceptors (Lipinski definition) is 14. The van der Waals surface area contributed by atoms with Crippen LogP contribution in [0.15, 0.2) is 36.4 Å². The molecule has 5 aliphatic carbocycles. The average molecular weight is 797 g/mol. The maximum Gasteiger partial charge on any atom is 0.222 e. The lowest BCUT2D eigenvalue weighted by Crippen LogP contribution is -2.51. The number of amides is 1. The van der Waals surface area contributed by atoms with Crippen LogP contribution in [-0.2, 0) is 4.79 Å². The van der Waals surface area contributed by atoms with Gasteiger partial charge in [-0.2, -0.15) is 0 Å². The number of nitrogens with zero attached hydrogens (tertiary/aromatic N) is 2. The number of nitrogens with two attached hydrogens (primary N) is 1. The van der Waals surface area contributed by atoms with Gasteiger partial charge in [0.2, 0.25) is 17.5 Å². The third kappa shape index (κ3) is 6.71. The van der Waals surface area contributed by atoms with Crippen LogP contribution >= 0.6 is 22.7 Å². The molecule has 4 aromatic rings. The van der Waals surface area contributed by atoms with Crippen molar-refractivity contribution in [2.24, 2.45) is 29.6 Å². The molecule has 5 saturated carbocycles. The topological polar surface area (TPSA) is 176 Å². The lowest BCUT2D eigenvalue weighted by Gasteiger charge is -2.54. The number of hydrogen-bond donors (Lipinski definition) is 4. The Hall–Kier alpha value is -4.89. The molecule has 292 valence electrons. The Morgan fingerprint density at radius 3 is 2.09 bits per heavy atom. The zero-order valence-corrected chi connectivity index (χ0v) is 32.6. The number of carbonyl (C=O) groups is 3. The Morgan fingerprint density at radius 2 is 1.36 bits per heavy atom. The fourth-order valence-electron chi connectivity index (χ4n) is 10.2. The predicted molar refractivity (Wildman–Crippen MR) is 213 cm³/mol. The van der Waals surface area contributed by atoms with Crippen molar-refractivity contribution in [3.8, 4) is 23.0 Å². The van der Waals surface area contributed by atoms with Gasteiger partial charge in [-0.3, -0.25) is 14.4 Å². The van der Waals surface area contributed by atoms with E-state index >= 15 is 0 Å². The van der Waals surface area contributed by atoms with Crippen LogP contribution in [0.1, 0.15) is 88.8 Å². The first-order valence-electron chi connectivity index (χ1n) is 19.7. The van der Waals surface area contributed by atoms with Crippen molar-refractivity contribution in [1.29, 1.82) is 0 Å². The van der Waals surface area contributed by atoms with Gasteiger partial charge < -0.3 is 40.6 Å². The molecule has 4 bridgehead atoms. The summed E-state index contributed by atoms with van der Waals surface area (Å²) in [6.45, 7) is 2.66. The second kappa shape index (κ2) is 14.2. The molecule has 0 radical (unpaired) electrons. The molecule has 2 aliphatic heterocycles. The lowest BCUT2D eigenvalue weighted by molar-refractivity contribution is -0.114. The molecule has 5 fully saturated rings. The summed E-state index contributed by atoms with van der Waals surface area (Å²) in [5, 5.41) is 11.2. The SMILES string of the molecule is CC(=O)Nc1nc(NC2CCC(C3COc4ccc(C(=O)c5sc(NC6C7CC8CC(C7)CC6C8)nc5N)cc4O3)C2)sc1C(=O)c1ccc2c(c1)OCCO2. The summed E-state index contributed by atoms with van der Waals surface area (Å²) in [6, 6.07) is 10.9. The highest BCUT2D eigenvalue weighted by Gasteiger charge is 2.48. The number of rotatable bonds is 10. The maximum absolute atomic E-state index is 13.8. The number of nitrogen functional groups attached to an aromatic ring is 1. The number of nitrogens with one attached hydrogen (secondary N) is 3. The number of fused-ring (bicyclic) bond motifs is 2. The molecule has 2 aromatic heterocycles. The van der Waals surface area contributed by atoms with Crippen molar-refractivity contribution < 1.29 is 33.3 Å². The van der Waals surface area contributed by atoms with Gasteiger partial charge in [0, 0.05) is 36.1 Å². The number of ketones is 2. The third-order valence-electron chi connectivity index (χ3n) is 12.5. The summed E-state index contributed by atoms with van der Waals surface area (Å²) < 4.78 is 24.0. The molecule has 2 aromatic carbocycles. The van der Waals surface area contributed by atoms with E-state index in [0.29, 0.717) is 86.7 Å². The van der Waals surface area contributed by atoms with Gasteiger partial charge in [-0.15, -0.1) is 0 Å². The van der Waals surface area contributed by atoms with Crippen LogP contribution < -0.4 is 40.6 Å². The summed E-state index contributed by atoms with van der Waals surface area (Å²) in [4.78, 5) is 49.5. The molecule has 3 unspecified atom stereocenters. The van der Waals surface area contributed by atoms with Crippen molar-refractivity contribution in [2.75, 3.05) is 41.5 Å². The Morgan fingerprint density at radius 1 is 0.714 bits per heavy atom. The van der Waals surface area contributed by atoms with Gasteiger partial charge >= 0.3 is 0 Å². The van der Waals surface area contributed by atoms with Crippen LogP contribution in [0.3, 0.4) is 0 Å². The van der Waals surface area contributed by atoms with Crippen molar-refractivity contribution in [1.82, 2.24) is 9.97 Å². The number of ether oxygens (including phenoxy) is 4. The highest BCUT2D eigenvalue weighted by atomic mass is 32.1. The molecule has 13 nitrogen and oxygen atoms in total. The number of anilines is 4. The van der Waals surface area contributed by atoms with Crippen molar-refractivity contribution in [3.63, 3.8) is 0 Å². The van der Waals surface area contributed by atoms with Crippen LogP contribution in [0.4, 0.5) is 21.9 Å². The van der Waals surface area contributed by atoms with Crippen molar-refractivity contribution in [3.05, 3.63) is 57.3 Å². The van der Waals surface area contributed by atoms with E-state index in [9.17, 15) is 14.4 Å². The van der Waals surface area contributed by atoms with Crippen LogP contribution in [0.5, 0.6) is 23.0 Å². The first-order valence-corrected chi connectivity index (χ1v) is 21.3. The van der Waals surface area contributed by atoms with E-state index in [1.807, 2.05) is 0 Å². The van der Waals surface area contributed by atoms with Crippen LogP contribution in [0.25, 0.3) is 0 Å². The lowest BCUT2D eigenvalue weighted by atomic mass is 9.54. The molecule has 0 spiro atoms. The Labute approximate surface area is 332 Å². The maximum atomic E-state index is 13.8. The van der Waals surface area contributed by atoms with E-state index in [2.05, 4.69) is 25.9 Å². The molecule has 3 atom stereocenters. The second-order valence-electron chi connectivity index (χ2n) is 16.3. The molecule has 56 heavy (non-hydrogen) atoms. The van der Waals surface area contributed by atoms with Gasteiger partial charge in [-0.25, -0.2) is 9.97 Å². The van der Waals surface area contributed by atoms with Gasteiger partial charge in [0.1, 0.15) is 41.5 Å². The first kappa shape index (κ1) is 35.5. The molecule has 1 amide bonds. The quantitative estimate of drug-likeness (QED) is 0.121. The molecular weight excluding hydrogens is 753 g/mol. The van der Waals surface area contributed by atoms with Gasteiger partial charge in [0.25, 0.3) is 0 Å². The largest absolute Gasteiger partial charge is 0.486 e. The second-order valence-corrected chi connectivity index (χ2v) is 18.3. The monoisotopic (exact) mass is 796 g/mol. The van der Waals surface area contributed by atoms with Gasteiger partial charge in [-0.1, -0.05) is 22.7 Å². The molecule has 5 N–H and O–H groups in total. The summed E-state index contributed by atoms with van der Waals surface area (Å²) in [5.41, 5.74) is 7.26. The molecule has 4 heterocycles. The Bertz CT molecular complexity index is 2190. The van der Waals surface area contributed by atoms with E-state index in [4.69, 9.17) is 24.7 Å². The minimum absolute atomic E-state index is 0.0717. The van der Waals surface area contributed by atoms with Gasteiger partial charge in [0.15, 0.2) is 39.1 Å². The minimum Gasteiger partial charge on any atom is -0.486 e. The van der Waals surface area contributed by atoms with Crippen LogP contribution in [0.2, 0.25) is 0 Å². The van der Waals surface area contributed by atoms with E-state index in [-0.39, 0.29) is 47.2 Å². The smallest absolute Gasteiger partial charge is 0.222 e. The van der Waals surface area contributed by atoms with E-state index in [0.717, 1.165) is 36.2 Å². The molecule has 7 aliphatic rings. The summed E-state index contributed by atoms with van der Waals surface area (Å²) in [5.74, 6) is 5.30. The number of aromatic nitrogens is 2. The van der Waals surface area contributed by atoms with E-state index < -0.39 is 0 Å². The normalized spacial score (nSPS) is 28.2. The van der Waals surface area contributed by atoms with E-state index in [1.165, 1.54) is 61.7 Å². The highest BCUT2D eigenvalue weighted by Crippen LogP contribution is 2.54. The van der Waals surface area contributed by atoms with Crippen LogP contribution in [-0.4, -0.2) is 65.4 Å². The Kier molecular flexibility index (Phi) is 9.03. The van der Waals surface area contributed by atoms with Crippen LogP contribution in [0, 0.1) is 29.6 Å². The number of benzene rings is 2. The molecular formula is C41H44N6O7S2. The first-order chi connectivity index (χ1) is 27.2. The predicted octanol–water partition coefficient (Wildman–Crippen LogP) is 7.03. The molecule has 0 saturated heterocycles. The number of thiazole rings is 2. The van der Waals surface area contributed by atoms with Gasteiger partial charge in [-0.05, 0) is 111 Å². The number of carbonyl (C=O) groups excluding carboxylic acids is 3. The standard InChI is InChI=1S/C41H44N6O7S2/c1-19(48)43-39-37(35(50)23-3-6-28-30(16-23)52-9-8-51-28)56-40(47-39)44-27-5-2-22(15-27)32-18-53-29-7-4-24(17-31(29)54-32)34(49)36-38(42)46-41(55-36)45-33-25-11-20-10-21(13-25)14-26(33)12-20/h3-4,6-7,16-17,20-22,25-27,32-33H,2,5,8-15,18,42H2,1H3,(H,43,48)(H,44,47)(H,45,46).